The van der Waals surface area contributed by atoms with E-state index in [0.717, 1.165) is 43.5 Å². The molecule has 0 atom stereocenters. The predicted molar refractivity (Wildman–Crippen MR) is 84.0 cm³/mol. The third-order valence-corrected chi connectivity index (χ3v) is 3.95. The molecule has 20 heavy (non-hydrogen) atoms. The minimum absolute atomic E-state index is 0.723. The quantitative estimate of drug-likeness (QED) is 0.593. The van der Waals surface area contributed by atoms with Crippen molar-refractivity contribution in [1.82, 2.24) is 15.3 Å². The molecule has 1 aromatic heterocycles. The van der Waals surface area contributed by atoms with Crippen LogP contribution in [0.25, 0.3) is 0 Å². The lowest BCUT2D eigenvalue weighted by molar-refractivity contribution is 0.468. The molecule has 1 aliphatic carbocycles. The van der Waals surface area contributed by atoms with Crippen molar-refractivity contribution in [2.24, 2.45) is 0 Å². The van der Waals surface area contributed by atoms with Gasteiger partial charge < -0.3 is 10.6 Å². The zero-order chi connectivity index (χ0) is 14.0. The van der Waals surface area contributed by atoms with Crippen molar-refractivity contribution in [3.8, 4) is 0 Å². The molecule has 2 rings (SSSR count). The maximum atomic E-state index is 4.27. The molecule has 1 aromatic rings. The highest BCUT2D eigenvalue weighted by molar-refractivity contribution is 5.34. The lowest BCUT2D eigenvalue weighted by Crippen LogP contribution is -2.32. The summed E-state index contributed by atoms with van der Waals surface area (Å²) in [6.07, 6.45) is 12.1. The molecular weight excluding hydrogens is 248 g/mol. The summed E-state index contributed by atoms with van der Waals surface area (Å²) in [7, 11) is 0. The molecule has 1 heterocycles. The van der Waals surface area contributed by atoms with Crippen LogP contribution >= 0.6 is 0 Å². The third-order valence-electron chi connectivity index (χ3n) is 3.95. The highest BCUT2D eigenvalue weighted by atomic mass is 15.0. The summed E-state index contributed by atoms with van der Waals surface area (Å²) in [5.74, 6) is 0.950. The van der Waals surface area contributed by atoms with E-state index < -0.39 is 0 Å². The second-order valence-corrected chi connectivity index (χ2v) is 5.71. The minimum Gasteiger partial charge on any atom is -0.369 e. The zero-order valence-corrected chi connectivity index (χ0v) is 12.7. The van der Waals surface area contributed by atoms with Crippen molar-refractivity contribution in [2.75, 3.05) is 18.4 Å². The van der Waals surface area contributed by atoms with E-state index >= 15 is 0 Å². The zero-order valence-electron chi connectivity index (χ0n) is 12.7. The monoisotopic (exact) mass is 276 g/mol. The summed E-state index contributed by atoms with van der Waals surface area (Å²) in [5, 5.41) is 7.05. The molecule has 0 spiro atoms. The lowest BCUT2D eigenvalue weighted by atomic mass is 10.1. The number of anilines is 1. The highest BCUT2D eigenvalue weighted by Crippen LogP contribution is 2.16. The van der Waals surface area contributed by atoms with Gasteiger partial charge in [0, 0.05) is 30.9 Å². The van der Waals surface area contributed by atoms with Gasteiger partial charge in [0.25, 0.3) is 0 Å². The van der Waals surface area contributed by atoms with Crippen LogP contribution in [0.3, 0.4) is 0 Å². The molecular formula is C16H28N4. The molecule has 0 radical (unpaired) electrons. The molecule has 1 saturated carbocycles. The van der Waals surface area contributed by atoms with Gasteiger partial charge in [-0.05, 0) is 19.3 Å². The summed E-state index contributed by atoms with van der Waals surface area (Å²) in [5.41, 5.74) is 1.13. The summed E-state index contributed by atoms with van der Waals surface area (Å²) in [4.78, 5) is 8.55. The van der Waals surface area contributed by atoms with Crippen LogP contribution in [0.4, 0.5) is 5.82 Å². The molecule has 4 nitrogen and oxygen atoms in total. The van der Waals surface area contributed by atoms with Gasteiger partial charge in [-0.1, -0.05) is 39.0 Å². The van der Waals surface area contributed by atoms with Gasteiger partial charge in [0.15, 0.2) is 0 Å². The van der Waals surface area contributed by atoms with Gasteiger partial charge in [-0.3, -0.25) is 0 Å². The Balaban J connectivity index is 1.66. The number of hydrogen-bond acceptors (Lipinski definition) is 4. The van der Waals surface area contributed by atoms with E-state index in [-0.39, 0.29) is 0 Å². The average molecular weight is 276 g/mol. The van der Waals surface area contributed by atoms with Gasteiger partial charge in [-0.2, -0.15) is 0 Å². The topological polar surface area (TPSA) is 49.8 Å². The second-order valence-electron chi connectivity index (χ2n) is 5.71. The Labute approximate surface area is 122 Å². The van der Waals surface area contributed by atoms with Crippen LogP contribution in [0, 0.1) is 0 Å². The Morgan fingerprint density at radius 3 is 2.65 bits per heavy atom. The Hall–Kier alpha value is -1.16. The summed E-state index contributed by atoms with van der Waals surface area (Å²) in [6, 6.07) is 2.79. The first-order chi connectivity index (χ1) is 9.88. The molecule has 1 fully saturated rings. The van der Waals surface area contributed by atoms with Crippen LogP contribution in [-0.2, 0) is 6.42 Å². The van der Waals surface area contributed by atoms with Gasteiger partial charge in [0.1, 0.15) is 12.1 Å². The standard InChI is InChI=1S/C16H28N4/c1-2-7-15-12-16(20-13-19-15)18-11-10-17-14-8-5-3-4-6-9-14/h12-14,17H,2-11H2,1H3,(H,18,19,20). The fourth-order valence-electron chi connectivity index (χ4n) is 2.84. The molecule has 0 aliphatic heterocycles. The molecule has 0 bridgehead atoms. The Kier molecular flexibility index (Phi) is 6.78. The van der Waals surface area contributed by atoms with Gasteiger partial charge in [0.05, 0.1) is 0 Å². The van der Waals surface area contributed by atoms with Crippen molar-refractivity contribution >= 4 is 5.82 Å². The maximum Gasteiger partial charge on any atom is 0.129 e. The highest BCUT2D eigenvalue weighted by Gasteiger charge is 2.10. The van der Waals surface area contributed by atoms with E-state index in [0.29, 0.717) is 0 Å². The largest absolute Gasteiger partial charge is 0.369 e. The van der Waals surface area contributed by atoms with Crippen LogP contribution in [-0.4, -0.2) is 29.1 Å². The van der Waals surface area contributed by atoms with Crippen molar-refractivity contribution in [3.05, 3.63) is 18.1 Å². The Morgan fingerprint density at radius 1 is 1.10 bits per heavy atom. The van der Waals surface area contributed by atoms with Crippen LogP contribution in [0.1, 0.15) is 57.6 Å². The number of hydrogen-bond donors (Lipinski definition) is 2. The molecule has 112 valence electrons. The maximum absolute atomic E-state index is 4.27. The first-order valence-corrected chi connectivity index (χ1v) is 8.16. The summed E-state index contributed by atoms with van der Waals surface area (Å²) < 4.78 is 0. The van der Waals surface area contributed by atoms with Gasteiger partial charge in [-0.15, -0.1) is 0 Å². The van der Waals surface area contributed by atoms with E-state index in [9.17, 15) is 0 Å². The van der Waals surface area contributed by atoms with Gasteiger partial charge in [0.2, 0.25) is 0 Å². The lowest BCUT2D eigenvalue weighted by Gasteiger charge is -2.16. The number of nitrogens with one attached hydrogen (secondary N) is 2. The van der Waals surface area contributed by atoms with Crippen LogP contribution < -0.4 is 10.6 Å². The predicted octanol–water partition coefficient (Wildman–Crippen LogP) is 3.15. The fourth-order valence-corrected chi connectivity index (χ4v) is 2.84. The van der Waals surface area contributed by atoms with Crippen LogP contribution in [0.15, 0.2) is 12.4 Å². The van der Waals surface area contributed by atoms with Gasteiger partial charge in [-0.25, -0.2) is 9.97 Å². The SMILES string of the molecule is CCCc1cc(NCCNC2CCCCCC2)ncn1. The van der Waals surface area contributed by atoms with E-state index in [1.807, 2.05) is 0 Å². The van der Waals surface area contributed by atoms with Crippen molar-refractivity contribution in [1.29, 1.82) is 0 Å². The molecule has 1 aliphatic rings. The average Bonchev–Trinajstić information content (AvgIpc) is 2.73. The fraction of sp³-hybridized carbons (Fsp3) is 0.750. The first-order valence-electron chi connectivity index (χ1n) is 8.16. The van der Waals surface area contributed by atoms with Crippen molar-refractivity contribution in [3.63, 3.8) is 0 Å². The smallest absolute Gasteiger partial charge is 0.129 e. The number of aryl methyl sites for hydroxylation is 1. The summed E-state index contributed by atoms with van der Waals surface area (Å²) in [6.45, 7) is 4.11. The molecule has 4 heteroatoms. The molecule has 0 amide bonds. The Morgan fingerprint density at radius 2 is 1.90 bits per heavy atom. The molecule has 0 unspecified atom stereocenters. The number of nitrogens with zero attached hydrogens (tertiary/aromatic N) is 2. The van der Waals surface area contributed by atoms with Crippen LogP contribution in [0.2, 0.25) is 0 Å². The van der Waals surface area contributed by atoms with E-state index in [1.165, 1.54) is 38.5 Å². The van der Waals surface area contributed by atoms with Crippen LogP contribution in [0.5, 0.6) is 0 Å². The molecule has 0 saturated heterocycles. The van der Waals surface area contributed by atoms with E-state index in [1.54, 1.807) is 6.33 Å². The number of aromatic nitrogens is 2. The minimum atomic E-state index is 0.723. The third kappa shape index (κ3) is 5.45. The first kappa shape index (κ1) is 15.2. The van der Waals surface area contributed by atoms with Crippen molar-refractivity contribution in [2.45, 2.75) is 64.3 Å². The van der Waals surface area contributed by atoms with Crippen molar-refractivity contribution < 1.29 is 0 Å². The normalized spacial score (nSPS) is 16.9. The second kappa shape index (κ2) is 8.90. The van der Waals surface area contributed by atoms with E-state index in [2.05, 4.69) is 33.6 Å². The number of rotatable bonds is 7. The molecule has 2 N–H and O–H groups in total. The Bertz CT molecular complexity index is 372. The molecule has 0 aromatic carbocycles. The van der Waals surface area contributed by atoms with Gasteiger partial charge >= 0.3 is 0 Å². The summed E-state index contributed by atoms with van der Waals surface area (Å²) >= 11 is 0. The van der Waals surface area contributed by atoms with E-state index in [4.69, 9.17) is 0 Å².